The Hall–Kier alpha value is -1.19. The van der Waals surface area contributed by atoms with Gasteiger partial charge < -0.3 is 5.32 Å². The molecule has 2 heterocycles. The Labute approximate surface area is 107 Å². The molecule has 0 unspecified atom stereocenters. The van der Waals surface area contributed by atoms with E-state index in [9.17, 15) is 0 Å². The monoisotopic (exact) mass is 246 g/mol. The van der Waals surface area contributed by atoms with Gasteiger partial charge in [-0.05, 0) is 50.6 Å². The van der Waals surface area contributed by atoms with E-state index < -0.39 is 0 Å². The largest absolute Gasteiger partial charge is 0.311 e. The lowest BCUT2D eigenvalue weighted by Gasteiger charge is -2.03. The number of hydrogen-bond acceptors (Lipinski definition) is 3. The second-order valence-corrected chi connectivity index (χ2v) is 5.49. The molecule has 0 spiro atoms. The Morgan fingerprint density at radius 1 is 1.24 bits per heavy atom. The highest BCUT2D eigenvalue weighted by Gasteiger charge is 1.97. The summed E-state index contributed by atoms with van der Waals surface area (Å²) in [4.78, 5) is 7.17. The molecule has 2 aromatic rings. The van der Waals surface area contributed by atoms with Crippen molar-refractivity contribution in [3.05, 3.63) is 52.0 Å². The molecule has 2 nitrogen and oxygen atoms in total. The maximum atomic E-state index is 4.28. The van der Waals surface area contributed by atoms with E-state index in [1.165, 1.54) is 22.6 Å². The highest BCUT2D eigenvalue weighted by molar-refractivity contribution is 7.11. The van der Waals surface area contributed by atoms with E-state index >= 15 is 0 Å². The molecule has 0 aromatic carbocycles. The molecule has 0 fully saturated rings. The van der Waals surface area contributed by atoms with E-state index in [4.69, 9.17) is 0 Å². The van der Waals surface area contributed by atoms with Gasteiger partial charge >= 0.3 is 0 Å². The molecule has 0 aliphatic carbocycles. The summed E-state index contributed by atoms with van der Waals surface area (Å²) >= 11 is 1.90. The molecular weight excluding hydrogens is 228 g/mol. The molecule has 90 valence electrons. The van der Waals surface area contributed by atoms with Gasteiger partial charge in [0, 0.05) is 22.5 Å². The van der Waals surface area contributed by atoms with Crippen LogP contribution in [-0.4, -0.2) is 11.5 Å². The normalized spacial score (nSPS) is 10.6. The average Bonchev–Trinajstić information content (AvgIpc) is 2.76. The molecular formula is C14H18N2S. The minimum Gasteiger partial charge on any atom is -0.311 e. The maximum absolute atomic E-state index is 4.28. The van der Waals surface area contributed by atoms with Crippen molar-refractivity contribution in [1.82, 2.24) is 10.3 Å². The molecule has 0 saturated heterocycles. The van der Waals surface area contributed by atoms with Crippen LogP contribution in [0, 0.1) is 6.92 Å². The number of nitrogens with one attached hydrogen (secondary N) is 1. The quantitative estimate of drug-likeness (QED) is 0.792. The van der Waals surface area contributed by atoms with Crippen molar-refractivity contribution in [3.8, 4) is 0 Å². The Bertz CT molecular complexity index is 436. The number of nitrogens with zero attached hydrogens (tertiary/aromatic N) is 1. The van der Waals surface area contributed by atoms with Crippen LogP contribution in [-0.2, 0) is 13.0 Å². The first kappa shape index (κ1) is 12.3. The lowest BCUT2D eigenvalue weighted by Crippen LogP contribution is -2.15. The fraction of sp³-hybridized carbons (Fsp3) is 0.357. The van der Waals surface area contributed by atoms with E-state index in [0.29, 0.717) is 0 Å². The summed E-state index contributed by atoms with van der Waals surface area (Å²) in [5.41, 5.74) is 1.11. The van der Waals surface area contributed by atoms with Gasteiger partial charge in [0.1, 0.15) is 0 Å². The fourth-order valence-electron chi connectivity index (χ4n) is 1.73. The molecule has 1 N–H and O–H groups in total. The zero-order valence-corrected chi connectivity index (χ0v) is 11.0. The number of thiophene rings is 1. The van der Waals surface area contributed by atoms with Gasteiger partial charge in [-0.15, -0.1) is 11.3 Å². The summed E-state index contributed by atoms with van der Waals surface area (Å²) in [5.74, 6) is 0. The Balaban J connectivity index is 1.61. The van der Waals surface area contributed by atoms with Crippen LogP contribution in [0.4, 0.5) is 0 Å². The van der Waals surface area contributed by atoms with Crippen LogP contribution in [0.25, 0.3) is 0 Å². The van der Waals surface area contributed by atoms with Gasteiger partial charge in [0.15, 0.2) is 0 Å². The van der Waals surface area contributed by atoms with Gasteiger partial charge in [-0.25, -0.2) is 0 Å². The third-order valence-corrected chi connectivity index (χ3v) is 3.67. The first-order valence-electron chi connectivity index (χ1n) is 6.00. The number of pyridine rings is 1. The van der Waals surface area contributed by atoms with Crippen LogP contribution in [0.2, 0.25) is 0 Å². The molecule has 2 aromatic heterocycles. The van der Waals surface area contributed by atoms with Gasteiger partial charge in [-0.3, -0.25) is 4.98 Å². The molecule has 0 radical (unpaired) electrons. The lowest BCUT2D eigenvalue weighted by molar-refractivity contribution is 0.643. The summed E-state index contributed by atoms with van der Waals surface area (Å²) in [6.07, 6.45) is 4.20. The Kier molecular flexibility index (Phi) is 4.71. The Morgan fingerprint density at radius 2 is 2.18 bits per heavy atom. The van der Waals surface area contributed by atoms with E-state index in [2.05, 4.69) is 35.4 Å². The zero-order chi connectivity index (χ0) is 11.9. The van der Waals surface area contributed by atoms with Crippen LogP contribution in [0.5, 0.6) is 0 Å². The average molecular weight is 246 g/mol. The molecule has 0 saturated carbocycles. The smallest absolute Gasteiger partial charge is 0.0541 e. The van der Waals surface area contributed by atoms with Crippen molar-refractivity contribution in [2.45, 2.75) is 26.3 Å². The molecule has 0 atom stereocenters. The van der Waals surface area contributed by atoms with Gasteiger partial charge in [-0.1, -0.05) is 6.07 Å². The van der Waals surface area contributed by atoms with Crippen molar-refractivity contribution < 1.29 is 0 Å². The maximum Gasteiger partial charge on any atom is 0.0541 e. The van der Waals surface area contributed by atoms with E-state index in [1.807, 2.05) is 29.7 Å². The van der Waals surface area contributed by atoms with Crippen LogP contribution in [0.1, 0.15) is 21.9 Å². The summed E-state index contributed by atoms with van der Waals surface area (Å²) in [5, 5.41) is 3.42. The lowest BCUT2D eigenvalue weighted by atomic mass is 10.2. The first-order chi connectivity index (χ1) is 8.34. The summed E-state index contributed by atoms with van der Waals surface area (Å²) in [6, 6.07) is 10.5. The van der Waals surface area contributed by atoms with Crippen molar-refractivity contribution in [2.75, 3.05) is 6.54 Å². The topological polar surface area (TPSA) is 24.9 Å². The summed E-state index contributed by atoms with van der Waals surface area (Å²) in [6.45, 7) is 4.07. The van der Waals surface area contributed by atoms with Crippen molar-refractivity contribution in [2.24, 2.45) is 0 Å². The molecule has 2 rings (SSSR count). The molecule has 17 heavy (non-hydrogen) atoms. The van der Waals surface area contributed by atoms with Crippen molar-refractivity contribution >= 4 is 11.3 Å². The first-order valence-corrected chi connectivity index (χ1v) is 6.82. The summed E-state index contributed by atoms with van der Waals surface area (Å²) in [7, 11) is 0. The Morgan fingerprint density at radius 3 is 2.88 bits per heavy atom. The van der Waals surface area contributed by atoms with Crippen molar-refractivity contribution in [1.29, 1.82) is 0 Å². The molecule has 3 heteroatoms. The predicted octanol–water partition coefficient (Wildman–Crippen LogP) is 3.17. The standard InChI is InChI=1S/C14H18N2S/c1-12-7-8-14(17-12)6-4-9-15-11-13-5-2-3-10-16-13/h2-3,5,7-8,10,15H,4,6,9,11H2,1H3. The molecule has 0 bridgehead atoms. The number of rotatable bonds is 6. The van der Waals surface area contributed by atoms with Gasteiger partial charge in [0.2, 0.25) is 0 Å². The third-order valence-electron chi connectivity index (χ3n) is 2.61. The number of aromatic nitrogens is 1. The minimum absolute atomic E-state index is 0.865. The van der Waals surface area contributed by atoms with E-state index in [-0.39, 0.29) is 0 Å². The fourth-order valence-corrected chi connectivity index (χ4v) is 2.66. The van der Waals surface area contributed by atoms with Gasteiger partial charge in [0.25, 0.3) is 0 Å². The van der Waals surface area contributed by atoms with Crippen LogP contribution < -0.4 is 5.32 Å². The van der Waals surface area contributed by atoms with Crippen LogP contribution in [0.3, 0.4) is 0 Å². The highest BCUT2D eigenvalue weighted by atomic mass is 32.1. The zero-order valence-electron chi connectivity index (χ0n) is 10.1. The minimum atomic E-state index is 0.865. The third kappa shape index (κ3) is 4.29. The second-order valence-electron chi connectivity index (χ2n) is 4.11. The van der Waals surface area contributed by atoms with E-state index in [0.717, 1.165) is 18.8 Å². The summed E-state index contributed by atoms with van der Waals surface area (Å²) < 4.78 is 0. The molecule has 0 aliphatic heterocycles. The number of hydrogen-bond donors (Lipinski definition) is 1. The van der Waals surface area contributed by atoms with Crippen LogP contribution >= 0.6 is 11.3 Å². The van der Waals surface area contributed by atoms with Gasteiger partial charge in [0.05, 0.1) is 5.69 Å². The predicted molar refractivity (Wildman–Crippen MR) is 73.3 cm³/mol. The SMILES string of the molecule is Cc1ccc(CCCNCc2ccccn2)s1. The van der Waals surface area contributed by atoms with Crippen LogP contribution in [0.15, 0.2) is 36.5 Å². The highest BCUT2D eigenvalue weighted by Crippen LogP contribution is 2.16. The van der Waals surface area contributed by atoms with Crippen molar-refractivity contribution in [3.63, 3.8) is 0 Å². The molecule has 0 aliphatic rings. The molecule has 0 amide bonds. The van der Waals surface area contributed by atoms with Gasteiger partial charge in [-0.2, -0.15) is 0 Å². The number of aryl methyl sites for hydroxylation is 2. The second kappa shape index (κ2) is 6.52. The van der Waals surface area contributed by atoms with E-state index in [1.54, 1.807) is 0 Å².